The van der Waals surface area contributed by atoms with E-state index in [0.717, 1.165) is 18.5 Å². The molecule has 1 atom stereocenters. The molecular weight excluding hydrogens is 220 g/mol. The molecule has 3 heteroatoms. The van der Waals surface area contributed by atoms with Gasteiger partial charge in [-0.15, -0.1) is 0 Å². The fourth-order valence-electron chi connectivity index (χ4n) is 1.62. The summed E-state index contributed by atoms with van der Waals surface area (Å²) < 4.78 is 25.8. The van der Waals surface area contributed by atoms with Crippen molar-refractivity contribution in [2.45, 2.75) is 39.7 Å². The second-order valence-corrected chi connectivity index (χ2v) is 5.69. The molecule has 0 saturated heterocycles. The lowest BCUT2D eigenvalue weighted by atomic mass is 9.99. The molecule has 17 heavy (non-hydrogen) atoms. The molecule has 0 aliphatic heterocycles. The quantitative estimate of drug-likeness (QED) is 0.850. The van der Waals surface area contributed by atoms with Gasteiger partial charge < -0.3 is 5.32 Å². The smallest absolute Gasteiger partial charge is 0.159 e. The number of benzene rings is 1. The molecule has 0 aliphatic rings. The zero-order chi connectivity index (χ0) is 13.1. The first kappa shape index (κ1) is 14.1. The molecule has 1 N–H and O–H groups in total. The third kappa shape index (κ3) is 5.26. The van der Waals surface area contributed by atoms with Crippen molar-refractivity contribution in [1.82, 2.24) is 5.32 Å². The summed E-state index contributed by atoms with van der Waals surface area (Å²) in [5, 5.41) is 3.40. The Labute approximate surface area is 102 Å². The van der Waals surface area contributed by atoms with E-state index in [1.54, 1.807) is 6.07 Å². The second-order valence-electron chi connectivity index (χ2n) is 5.69. The van der Waals surface area contributed by atoms with Crippen molar-refractivity contribution < 1.29 is 8.78 Å². The minimum atomic E-state index is -0.783. The second kappa shape index (κ2) is 5.58. The normalized spacial score (nSPS) is 13.8. The molecule has 1 rings (SSSR count). The van der Waals surface area contributed by atoms with E-state index in [4.69, 9.17) is 0 Å². The molecule has 1 aromatic rings. The highest BCUT2D eigenvalue weighted by Crippen LogP contribution is 2.13. The summed E-state index contributed by atoms with van der Waals surface area (Å²) >= 11 is 0. The van der Waals surface area contributed by atoms with Crippen molar-refractivity contribution in [3.05, 3.63) is 35.4 Å². The van der Waals surface area contributed by atoms with Gasteiger partial charge in [-0.3, -0.25) is 0 Å². The van der Waals surface area contributed by atoms with E-state index >= 15 is 0 Å². The van der Waals surface area contributed by atoms with Crippen molar-refractivity contribution in [3.63, 3.8) is 0 Å². The number of nitrogens with one attached hydrogen (secondary N) is 1. The predicted octanol–water partition coefficient (Wildman–Crippen LogP) is 3.53. The van der Waals surface area contributed by atoms with E-state index in [0.29, 0.717) is 5.92 Å². The van der Waals surface area contributed by atoms with Gasteiger partial charge in [0.15, 0.2) is 11.6 Å². The molecule has 1 nitrogen and oxygen atoms in total. The molecule has 0 bridgehead atoms. The number of rotatable bonds is 4. The molecule has 0 aromatic heterocycles. The van der Waals surface area contributed by atoms with Crippen LogP contribution in [0.5, 0.6) is 0 Å². The Morgan fingerprint density at radius 3 is 2.35 bits per heavy atom. The largest absolute Gasteiger partial charge is 0.312 e. The van der Waals surface area contributed by atoms with Gasteiger partial charge in [0.05, 0.1) is 0 Å². The van der Waals surface area contributed by atoms with Crippen LogP contribution in [0, 0.1) is 17.6 Å². The van der Waals surface area contributed by atoms with Crippen molar-refractivity contribution in [2.24, 2.45) is 5.92 Å². The summed E-state index contributed by atoms with van der Waals surface area (Å²) in [7, 11) is 0. The molecule has 0 heterocycles. The fourth-order valence-corrected chi connectivity index (χ4v) is 1.62. The fraction of sp³-hybridized carbons (Fsp3) is 0.571. The van der Waals surface area contributed by atoms with Gasteiger partial charge in [-0.1, -0.05) is 13.0 Å². The van der Waals surface area contributed by atoms with E-state index in [1.165, 1.54) is 12.1 Å². The zero-order valence-electron chi connectivity index (χ0n) is 11.0. The molecule has 0 amide bonds. The summed E-state index contributed by atoms with van der Waals surface area (Å²) in [5.41, 5.74) is 0.926. The van der Waals surface area contributed by atoms with Gasteiger partial charge in [0, 0.05) is 5.54 Å². The molecule has 0 saturated carbocycles. The van der Waals surface area contributed by atoms with Gasteiger partial charge in [0.25, 0.3) is 0 Å². The molecule has 0 fully saturated rings. The Hall–Kier alpha value is -0.960. The van der Waals surface area contributed by atoms with Crippen LogP contribution < -0.4 is 5.32 Å². The molecule has 96 valence electrons. The van der Waals surface area contributed by atoms with Crippen LogP contribution in [0.3, 0.4) is 0 Å². The first-order valence-corrected chi connectivity index (χ1v) is 5.97. The highest BCUT2D eigenvalue weighted by molar-refractivity contribution is 5.18. The maximum absolute atomic E-state index is 13.0. The minimum absolute atomic E-state index is 0.0856. The van der Waals surface area contributed by atoms with Gasteiger partial charge in [-0.05, 0) is 57.4 Å². The zero-order valence-corrected chi connectivity index (χ0v) is 11.0. The number of halogens is 2. The summed E-state index contributed by atoms with van der Waals surface area (Å²) in [6.45, 7) is 9.29. The van der Waals surface area contributed by atoms with Gasteiger partial charge in [-0.2, -0.15) is 0 Å². The lowest BCUT2D eigenvalue weighted by Gasteiger charge is -2.23. The van der Waals surface area contributed by atoms with Crippen molar-refractivity contribution in [3.8, 4) is 0 Å². The summed E-state index contributed by atoms with van der Waals surface area (Å²) in [6.07, 6.45) is 0.750. The minimum Gasteiger partial charge on any atom is -0.312 e. The Morgan fingerprint density at radius 1 is 1.18 bits per heavy atom. The van der Waals surface area contributed by atoms with Crippen LogP contribution in [0.15, 0.2) is 18.2 Å². The Bertz CT molecular complexity index is 369. The third-order valence-electron chi connectivity index (χ3n) is 2.55. The maximum atomic E-state index is 13.0. The monoisotopic (exact) mass is 241 g/mol. The van der Waals surface area contributed by atoms with E-state index in [2.05, 4.69) is 33.0 Å². The van der Waals surface area contributed by atoms with E-state index in [9.17, 15) is 8.78 Å². The SMILES string of the molecule is CC(CNC(C)(C)C)Cc1ccc(F)c(F)c1. The molecule has 0 radical (unpaired) electrons. The van der Waals surface area contributed by atoms with Crippen LogP contribution in [0.4, 0.5) is 8.78 Å². The van der Waals surface area contributed by atoms with Crippen molar-refractivity contribution in [1.29, 1.82) is 0 Å². The van der Waals surface area contributed by atoms with E-state index in [1.807, 2.05) is 0 Å². The highest BCUT2D eigenvalue weighted by atomic mass is 19.2. The highest BCUT2D eigenvalue weighted by Gasteiger charge is 2.12. The van der Waals surface area contributed by atoms with Crippen molar-refractivity contribution >= 4 is 0 Å². The van der Waals surface area contributed by atoms with Crippen LogP contribution in [0.2, 0.25) is 0 Å². The Balaban J connectivity index is 2.50. The summed E-state index contributed by atoms with van der Waals surface area (Å²) in [6, 6.07) is 4.11. The molecule has 0 aliphatic carbocycles. The Kier molecular flexibility index (Phi) is 4.63. The topological polar surface area (TPSA) is 12.0 Å². The van der Waals surface area contributed by atoms with Crippen LogP contribution in [0.1, 0.15) is 33.3 Å². The standard InChI is InChI=1S/C14H21F2N/c1-10(9-17-14(2,3)4)7-11-5-6-12(15)13(16)8-11/h5-6,8,10,17H,7,9H2,1-4H3. The first-order chi connectivity index (χ1) is 7.78. The van der Waals surface area contributed by atoms with Crippen LogP contribution in [-0.2, 0) is 6.42 Å². The number of hydrogen-bond acceptors (Lipinski definition) is 1. The summed E-state index contributed by atoms with van der Waals surface area (Å²) in [5.74, 6) is -1.16. The average molecular weight is 241 g/mol. The average Bonchev–Trinajstić information content (AvgIpc) is 2.20. The lowest BCUT2D eigenvalue weighted by molar-refractivity contribution is 0.381. The van der Waals surface area contributed by atoms with Gasteiger partial charge in [0.2, 0.25) is 0 Å². The van der Waals surface area contributed by atoms with E-state index in [-0.39, 0.29) is 5.54 Å². The van der Waals surface area contributed by atoms with Gasteiger partial charge in [0.1, 0.15) is 0 Å². The molecule has 1 aromatic carbocycles. The molecular formula is C14H21F2N. The lowest BCUT2D eigenvalue weighted by Crippen LogP contribution is -2.39. The van der Waals surface area contributed by atoms with Gasteiger partial charge >= 0.3 is 0 Å². The molecule has 0 spiro atoms. The first-order valence-electron chi connectivity index (χ1n) is 5.97. The van der Waals surface area contributed by atoms with Crippen LogP contribution in [0.25, 0.3) is 0 Å². The predicted molar refractivity (Wildman–Crippen MR) is 67.0 cm³/mol. The van der Waals surface area contributed by atoms with Crippen LogP contribution >= 0.6 is 0 Å². The summed E-state index contributed by atoms with van der Waals surface area (Å²) in [4.78, 5) is 0. The maximum Gasteiger partial charge on any atom is 0.159 e. The van der Waals surface area contributed by atoms with Crippen LogP contribution in [-0.4, -0.2) is 12.1 Å². The number of hydrogen-bond donors (Lipinski definition) is 1. The van der Waals surface area contributed by atoms with E-state index < -0.39 is 11.6 Å². The Morgan fingerprint density at radius 2 is 1.82 bits per heavy atom. The molecule has 1 unspecified atom stereocenters. The van der Waals surface area contributed by atoms with Crippen molar-refractivity contribution in [2.75, 3.05) is 6.54 Å². The van der Waals surface area contributed by atoms with Gasteiger partial charge in [-0.25, -0.2) is 8.78 Å². The third-order valence-corrected chi connectivity index (χ3v) is 2.55.